The topological polar surface area (TPSA) is 58.6 Å². The second kappa shape index (κ2) is 10.2. The summed E-state index contributed by atoms with van der Waals surface area (Å²) in [5.74, 6) is -1.68. The molecule has 1 saturated heterocycles. The van der Waals surface area contributed by atoms with Crippen LogP contribution in [0.5, 0.6) is 0 Å². The van der Waals surface area contributed by atoms with E-state index >= 15 is 0 Å². The van der Waals surface area contributed by atoms with Crippen LogP contribution < -0.4 is 5.32 Å². The van der Waals surface area contributed by atoms with Crippen molar-refractivity contribution in [1.29, 1.82) is 0 Å². The van der Waals surface area contributed by atoms with Crippen molar-refractivity contribution in [3.63, 3.8) is 0 Å². The summed E-state index contributed by atoms with van der Waals surface area (Å²) in [6, 6.07) is 12.2. The number of nitrogens with one attached hydrogen (secondary N) is 1. The fourth-order valence-corrected chi connectivity index (χ4v) is 4.06. The lowest BCUT2D eigenvalue weighted by Gasteiger charge is -2.19. The van der Waals surface area contributed by atoms with E-state index in [-0.39, 0.29) is 24.9 Å². The highest BCUT2D eigenvalue weighted by Gasteiger charge is 2.41. The van der Waals surface area contributed by atoms with Gasteiger partial charge in [0.25, 0.3) is 5.91 Å². The van der Waals surface area contributed by atoms with Gasteiger partial charge in [-0.05, 0) is 36.6 Å². The Bertz CT molecular complexity index is 962. The molecule has 0 radical (unpaired) electrons. The van der Waals surface area contributed by atoms with E-state index < -0.39 is 23.6 Å². The summed E-state index contributed by atoms with van der Waals surface area (Å²) < 4.78 is 44.8. The van der Waals surface area contributed by atoms with Crippen LogP contribution in [-0.4, -0.2) is 50.1 Å². The molecule has 3 rings (SSSR count). The minimum atomic E-state index is -4.48. The number of carbonyl (C=O) groups excluding carboxylic acids is 2. The molecule has 32 heavy (non-hydrogen) atoms. The number of alkyl halides is 3. The Balaban J connectivity index is 1.87. The van der Waals surface area contributed by atoms with Crippen LogP contribution in [0.15, 0.2) is 48.5 Å². The van der Waals surface area contributed by atoms with Crippen LogP contribution in [0.1, 0.15) is 39.4 Å². The molecule has 2 amide bonds. The maximum Gasteiger partial charge on any atom is 0.416 e. The standard InChI is InChI=1S/C24H27F3N2O3/c1-16-7-3-4-10-19(16)23(31)29-14-20(17-8-5-9-18(13-17)24(25,26)27)21(15-29)22(30)28-11-6-12-32-2/h3-5,7-10,13,20-21H,6,11-12,14-15H2,1-2H3,(H,28,30). The minimum Gasteiger partial charge on any atom is -0.385 e. The summed E-state index contributed by atoms with van der Waals surface area (Å²) in [4.78, 5) is 27.6. The van der Waals surface area contributed by atoms with E-state index in [1.165, 1.54) is 6.07 Å². The SMILES string of the molecule is COCCCNC(=O)C1CN(C(=O)c2ccccc2C)CC1c1cccc(C(F)(F)F)c1. The molecule has 0 spiro atoms. The predicted octanol–water partition coefficient (Wildman–Crippen LogP) is 4.02. The fourth-order valence-electron chi connectivity index (χ4n) is 4.06. The van der Waals surface area contributed by atoms with Gasteiger partial charge in [-0.3, -0.25) is 9.59 Å². The van der Waals surface area contributed by atoms with E-state index in [4.69, 9.17) is 4.74 Å². The summed E-state index contributed by atoms with van der Waals surface area (Å²) in [6.45, 7) is 3.02. The number of rotatable bonds is 7. The number of hydrogen-bond donors (Lipinski definition) is 1. The average Bonchev–Trinajstić information content (AvgIpc) is 3.22. The monoisotopic (exact) mass is 448 g/mol. The largest absolute Gasteiger partial charge is 0.416 e. The van der Waals surface area contributed by atoms with Gasteiger partial charge in [-0.1, -0.05) is 36.4 Å². The van der Waals surface area contributed by atoms with Gasteiger partial charge in [0.2, 0.25) is 5.91 Å². The van der Waals surface area contributed by atoms with Gasteiger partial charge in [0.15, 0.2) is 0 Å². The minimum absolute atomic E-state index is 0.143. The molecule has 0 saturated carbocycles. The quantitative estimate of drug-likeness (QED) is 0.651. The van der Waals surface area contributed by atoms with Crippen LogP contribution in [-0.2, 0) is 15.7 Å². The van der Waals surface area contributed by atoms with Crippen LogP contribution in [0.25, 0.3) is 0 Å². The van der Waals surface area contributed by atoms with Crippen molar-refractivity contribution in [2.75, 3.05) is 33.4 Å². The molecule has 0 aromatic heterocycles. The zero-order valence-corrected chi connectivity index (χ0v) is 18.1. The van der Waals surface area contributed by atoms with Crippen LogP contribution in [0, 0.1) is 12.8 Å². The lowest BCUT2D eigenvalue weighted by atomic mass is 9.87. The molecular formula is C24H27F3N2O3. The smallest absolute Gasteiger partial charge is 0.385 e. The molecule has 172 valence electrons. The van der Waals surface area contributed by atoms with Gasteiger partial charge in [-0.15, -0.1) is 0 Å². The third-order valence-corrected chi connectivity index (χ3v) is 5.79. The van der Waals surface area contributed by atoms with Gasteiger partial charge in [-0.25, -0.2) is 0 Å². The number of halogens is 3. The van der Waals surface area contributed by atoms with Gasteiger partial charge in [0.05, 0.1) is 11.5 Å². The number of likely N-dealkylation sites (tertiary alicyclic amines) is 1. The first-order valence-corrected chi connectivity index (χ1v) is 10.5. The van der Waals surface area contributed by atoms with Gasteiger partial charge in [-0.2, -0.15) is 13.2 Å². The van der Waals surface area contributed by atoms with Crippen molar-refractivity contribution in [3.05, 3.63) is 70.8 Å². The molecule has 1 N–H and O–H groups in total. The van der Waals surface area contributed by atoms with Gasteiger partial charge >= 0.3 is 6.18 Å². The number of benzene rings is 2. The van der Waals surface area contributed by atoms with Crippen molar-refractivity contribution in [1.82, 2.24) is 10.2 Å². The van der Waals surface area contributed by atoms with Gasteiger partial charge < -0.3 is 15.0 Å². The molecule has 1 aliphatic heterocycles. The Morgan fingerprint density at radius 1 is 1.12 bits per heavy atom. The number of aryl methyl sites for hydroxylation is 1. The molecule has 2 unspecified atom stereocenters. The summed E-state index contributed by atoms with van der Waals surface area (Å²) in [6.07, 6.45) is -3.86. The van der Waals surface area contributed by atoms with E-state index in [9.17, 15) is 22.8 Å². The third-order valence-electron chi connectivity index (χ3n) is 5.79. The zero-order chi connectivity index (χ0) is 23.3. The molecule has 0 bridgehead atoms. The van der Waals surface area contributed by atoms with E-state index in [0.29, 0.717) is 30.7 Å². The Labute approximate surface area is 185 Å². The molecule has 1 aliphatic rings. The zero-order valence-electron chi connectivity index (χ0n) is 18.1. The summed E-state index contributed by atoms with van der Waals surface area (Å²) in [5, 5.41) is 2.84. The molecule has 8 heteroatoms. The van der Waals surface area contributed by atoms with E-state index in [0.717, 1.165) is 17.7 Å². The molecule has 2 atom stereocenters. The third kappa shape index (κ3) is 5.48. The Hall–Kier alpha value is -2.87. The fraction of sp³-hybridized carbons (Fsp3) is 0.417. The van der Waals surface area contributed by atoms with Crippen molar-refractivity contribution >= 4 is 11.8 Å². The summed E-state index contributed by atoms with van der Waals surface area (Å²) in [5.41, 5.74) is 0.965. The van der Waals surface area contributed by atoms with Crippen LogP contribution in [0.4, 0.5) is 13.2 Å². The van der Waals surface area contributed by atoms with Crippen molar-refractivity contribution in [2.45, 2.75) is 25.4 Å². The Morgan fingerprint density at radius 2 is 1.88 bits per heavy atom. The first kappa shape index (κ1) is 23.8. The number of nitrogens with zero attached hydrogens (tertiary/aromatic N) is 1. The van der Waals surface area contributed by atoms with Gasteiger partial charge in [0, 0.05) is 44.8 Å². The Morgan fingerprint density at radius 3 is 2.56 bits per heavy atom. The lowest BCUT2D eigenvalue weighted by molar-refractivity contribution is -0.137. The number of ether oxygens (including phenoxy) is 1. The number of hydrogen-bond acceptors (Lipinski definition) is 3. The predicted molar refractivity (Wildman–Crippen MR) is 114 cm³/mol. The van der Waals surface area contributed by atoms with Crippen LogP contribution >= 0.6 is 0 Å². The molecule has 2 aromatic carbocycles. The Kier molecular flexibility index (Phi) is 7.56. The lowest BCUT2D eigenvalue weighted by Crippen LogP contribution is -2.36. The molecule has 0 aliphatic carbocycles. The second-order valence-corrected chi connectivity index (χ2v) is 8.00. The number of methoxy groups -OCH3 is 1. The highest BCUT2D eigenvalue weighted by molar-refractivity contribution is 5.96. The highest BCUT2D eigenvalue weighted by Crippen LogP contribution is 2.37. The second-order valence-electron chi connectivity index (χ2n) is 8.00. The molecule has 5 nitrogen and oxygen atoms in total. The maximum absolute atomic E-state index is 13.3. The highest BCUT2D eigenvalue weighted by atomic mass is 19.4. The van der Waals surface area contributed by atoms with E-state index in [1.807, 2.05) is 19.1 Å². The molecular weight excluding hydrogens is 421 g/mol. The van der Waals surface area contributed by atoms with Crippen molar-refractivity contribution in [2.24, 2.45) is 5.92 Å². The van der Waals surface area contributed by atoms with Gasteiger partial charge in [0.1, 0.15) is 0 Å². The number of carbonyl (C=O) groups is 2. The van der Waals surface area contributed by atoms with Crippen molar-refractivity contribution < 1.29 is 27.5 Å². The number of amides is 2. The van der Waals surface area contributed by atoms with Crippen LogP contribution in [0.2, 0.25) is 0 Å². The molecule has 1 heterocycles. The molecule has 2 aromatic rings. The molecule has 1 fully saturated rings. The summed E-state index contributed by atoms with van der Waals surface area (Å²) in [7, 11) is 1.57. The first-order chi connectivity index (χ1) is 15.2. The maximum atomic E-state index is 13.3. The normalized spacial score (nSPS) is 18.6. The van der Waals surface area contributed by atoms with E-state index in [1.54, 1.807) is 30.2 Å². The van der Waals surface area contributed by atoms with Crippen LogP contribution in [0.3, 0.4) is 0 Å². The average molecular weight is 448 g/mol. The summed E-state index contributed by atoms with van der Waals surface area (Å²) >= 11 is 0. The first-order valence-electron chi connectivity index (χ1n) is 10.5. The van der Waals surface area contributed by atoms with Crippen molar-refractivity contribution in [3.8, 4) is 0 Å². The van der Waals surface area contributed by atoms with E-state index in [2.05, 4.69) is 5.32 Å².